The number of hydrogen-bond acceptors (Lipinski definition) is 3. The Bertz CT molecular complexity index is 537. The second kappa shape index (κ2) is 5.17. The molecule has 1 aromatic rings. The number of likely N-dealkylation sites (N-methyl/N-ethyl adjacent to an activating group) is 1. The second-order valence-electron chi connectivity index (χ2n) is 4.62. The lowest BCUT2D eigenvalue weighted by atomic mass is 10.2. The van der Waals surface area contributed by atoms with Crippen LogP contribution in [-0.2, 0) is 10.0 Å². The smallest absolute Gasteiger partial charge is 0.243 e. The van der Waals surface area contributed by atoms with Gasteiger partial charge in [-0.25, -0.2) is 8.42 Å². The molecule has 1 heterocycles. The predicted octanol–water partition coefficient (Wildman–Crippen LogP) is 1.58. The molecule has 0 bridgehead atoms. The number of aryl methyl sites for hydroxylation is 1. The summed E-state index contributed by atoms with van der Waals surface area (Å²) in [5.41, 5.74) is 0.883. The van der Waals surface area contributed by atoms with Gasteiger partial charge in [-0.15, -0.1) is 0 Å². The minimum absolute atomic E-state index is 0.280. The number of piperazine rings is 1. The molecule has 1 aliphatic rings. The summed E-state index contributed by atoms with van der Waals surface area (Å²) in [5, 5.41) is 0.491. The van der Waals surface area contributed by atoms with Crippen LogP contribution in [0.5, 0.6) is 0 Å². The van der Waals surface area contributed by atoms with E-state index in [4.69, 9.17) is 11.6 Å². The van der Waals surface area contributed by atoms with Crippen LogP contribution in [-0.4, -0.2) is 50.8 Å². The zero-order valence-electron chi connectivity index (χ0n) is 10.6. The van der Waals surface area contributed by atoms with Crippen LogP contribution < -0.4 is 0 Å². The minimum Gasteiger partial charge on any atom is -0.304 e. The monoisotopic (exact) mass is 288 g/mol. The van der Waals surface area contributed by atoms with Gasteiger partial charge < -0.3 is 4.90 Å². The Kier molecular flexibility index (Phi) is 3.96. The van der Waals surface area contributed by atoms with Crippen molar-refractivity contribution in [2.45, 2.75) is 11.8 Å². The van der Waals surface area contributed by atoms with Crippen molar-refractivity contribution in [2.24, 2.45) is 0 Å². The van der Waals surface area contributed by atoms with E-state index < -0.39 is 10.0 Å². The Balaban J connectivity index is 2.27. The first-order chi connectivity index (χ1) is 8.41. The lowest BCUT2D eigenvalue weighted by molar-refractivity contribution is 0.222. The highest BCUT2D eigenvalue weighted by atomic mass is 35.5. The third-order valence-corrected chi connectivity index (χ3v) is 5.55. The molecule has 2 rings (SSSR count). The molecule has 0 atom stereocenters. The van der Waals surface area contributed by atoms with Crippen LogP contribution in [0.1, 0.15) is 5.56 Å². The average Bonchev–Trinajstić information content (AvgIpc) is 2.33. The van der Waals surface area contributed by atoms with Gasteiger partial charge in [-0.2, -0.15) is 4.31 Å². The maximum absolute atomic E-state index is 12.4. The Hall–Kier alpha value is -0.620. The normalized spacial score (nSPS) is 19.1. The van der Waals surface area contributed by atoms with E-state index in [1.807, 2.05) is 14.0 Å². The lowest BCUT2D eigenvalue weighted by Crippen LogP contribution is -2.47. The molecule has 1 aromatic carbocycles. The third kappa shape index (κ3) is 2.69. The summed E-state index contributed by atoms with van der Waals surface area (Å²) < 4.78 is 26.3. The van der Waals surface area contributed by atoms with Gasteiger partial charge in [-0.05, 0) is 31.7 Å². The van der Waals surface area contributed by atoms with E-state index >= 15 is 0 Å². The molecule has 4 nitrogen and oxygen atoms in total. The Morgan fingerprint density at radius 1 is 1.17 bits per heavy atom. The van der Waals surface area contributed by atoms with Crippen molar-refractivity contribution in [3.05, 3.63) is 28.8 Å². The number of sulfonamides is 1. The largest absolute Gasteiger partial charge is 0.304 e. The van der Waals surface area contributed by atoms with Crippen LogP contribution in [0.2, 0.25) is 5.02 Å². The number of benzene rings is 1. The van der Waals surface area contributed by atoms with E-state index in [1.54, 1.807) is 12.1 Å². The van der Waals surface area contributed by atoms with Crippen LogP contribution in [0.25, 0.3) is 0 Å². The third-order valence-electron chi connectivity index (χ3n) is 3.24. The molecule has 0 spiro atoms. The van der Waals surface area contributed by atoms with Gasteiger partial charge in [0.1, 0.15) is 0 Å². The molecular formula is C12H17ClN2O2S. The summed E-state index contributed by atoms with van der Waals surface area (Å²) in [6.07, 6.45) is 0. The molecule has 0 aromatic heterocycles. The van der Waals surface area contributed by atoms with E-state index in [0.717, 1.165) is 18.7 Å². The Morgan fingerprint density at radius 3 is 2.33 bits per heavy atom. The van der Waals surface area contributed by atoms with Gasteiger partial charge in [0.05, 0.1) is 4.90 Å². The summed E-state index contributed by atoms with van der Waals surface area (Å²) >= 11 is 5.99. The van der Waals surface area contributed by atoms with E-state index in [2.05, 4.69) is 4.90 Å². The van der Waals surface area contributed by atoms with Crippen LogP contribution in [0.3, 0.4) is 0 Å². The highest BCUT2D eigenvalue weighted by Crippen LogP contribution is 2.23. The van der Waals surface area contributed by atoms with Crippen LogP contribution in [0, 0.1) is 6.92 Å². The lowest BCUT2D eigenvalue weighted by Gasteiger charge is -2.31. The standard InChI is InChI=1S/C12H17ClN2O2S/c1-10-3-4-11(9-12(10)13)18(16,17)15-7-5-14(2)6-8-15/h3-4,9H,5-8H2,1-2H3. The van der Waals surface area contributed by atoms with Crippen LogP contribution >= 0.6 is 11.6 Å². The first kappa shape index (κ1) is 13.8. The summed E-state index contributed by atoms with van der Waals surface area (Å²) in [4.78, 5) is 2.40. The summed E-state index contributed by atoms with van der Waals surface area (Å²) in [5.74, 6) is 0. The number of hydrogen-bond donors (Lipinski definition) is 0. The summed E-state index contributed by atoms with van der Waals surface area (Å²) in [6, 6.07) is 4.89. The molecule has 1 aliphatic heterocycles. The van der Waals surface area contributed by atoms with Gasteiger partial charge in [0.25, 0.3) is 0 Å². The maximum atomic E-state index is 12.4. The molecule has 0 aliphatic carbocycles. The molecule has 6 heteroatoms. The van der Waals surface area contributed by atoms with Crippen molar-refractivity contribution in [1.29, 1.82) is 0 Å². The fraction of sp³-hybridized carbons (Fsp3) is 0.500. The molecular weight excluding hydrogens is 272 g/mol. The van der Waals surface area contributed by atoms with Crippen molar-refractivity contribution < 1.29 is 8.42 Å². The van der Waals surface area contributed by atoms with Gasteiger partial charge in [-0.3, -0.25) is 0 Å². The van der Waals surface area contributed by atoms with Crippen molar-refractivity contribution in [3.8, 4) is 0 Å². The SMILES string of the molecule is Cc1ccc(S(=O)(=O)N2CCN(C)CC2)cc1Cl. The summed E-state index contributed by atoms with van der Waals surface area (Å²) in [6.45, 7) is 4.45. The number of halogens is 1. The van der Waals surface area contributed by atoms with E-state index in [-0.39, 0.29) is 4.90 Å². The number of nitrogens with zero attached hydrogens (tertiary/aromatic N) is 2. The van der Waals surface area contributed by atoms with E-state index in [9.17, 15) is 8.42 Å². The Morgan fingerprint density at radius 2 is 1.78 bits per heavy atom. The fourth-order valence-corrected chi connectivity index (χ4v) is 3.61. The quantitative estimate of drug-likeness (QED) is 0.830. The molecule has 0 N–H and O–H groups in total. The predicted molar refractivity (Wildman–Crippen MR) is 72.4 cm³/mol. The fourth-order valence-electron chi connectivity index (χ4n) is 1.91. The van der Waals surface area contributed by atoms with Gasteiger partial charge in [-0.1, -0.05) is 17.7 Å². The van der Waals surface area contributed by atoms with Gasteiger partial charge in [0.2, 0.25) is 10.0 Å². The topological polar surface area (TPSA) is 40.6 Å². The molecule has 1 fully saturated rings. The molecule has 18 heavy (non-hydrogen) atoms. The first-order valence-electron chi connectivity index (χ1n) is 5.86. The molecule has 100 valence electrons. The van der Waals surface area contributed by atoms with Crippen molar-refractivity contribution in [3.63, 3.8) is 0 Å². The minimum atomic E-state index is -3.40. The Labute approximate surface area is 113 Å². The van der Waals surface area contributed by atoms with Crippen molar-refractivity contribution in [1.82, 2.24) is 9.21 Å². The van der Waals surface area contributed by atoms with E-state index in [1.165, 1.54) is 10.4 Å². The zero-order chi connectivity index (χ0) is 13.3. The second-order valence-corrected chi connectivity index (χ2v) is 6.96. The molecule has 0 saturated carbocycles. The zero-order valence-corrected chi connectivity index (χ0v) is 12.1. The van der Waals surface area contributed by atoms with Gasteiger partial charge >= 0.3 is 0 Å². The molecule has 0 amide bonds. The number of rotatable bonds is 2. The van der Waals surface area contributed by atoms with Gasteiger partial charge in [0, 0.05) is 31.2 Å². The van der Waals surface area contributed by atoms with Gasteiger partial charge in [0.15, 0.2) is 0 Å². The molecule has 0 unspecified atom stereocenters. The van der Waals surface area contributed by atoms with Crippen molar-refractivity contribution >= 4 is 21.6 Å². The van der Waals surface area contributed by atoms with E-state index in [0.29, 0.717) is 18.1 Å². The van der Waals surface area contributed by atoms with Crippen LogP contribution in [0.15, 0.2) is 23.1 Å². The molecule has 1 saturated heterocycles. The van der Waals surface area contributed by atoms with Crippen LogP contribution in [0.4, 0.5) is 0 Å². The average molecular weight is 289 g/mol. The summed E-state index contributed by atoms with van der Waals surface area (Å²) in [7, 11) is -1.41. The molecule has 0 radical (unpaired) electrons. The first-order valence-corrected chi connectivity index (χ1v) is 7.68. The maximum Gasteiger partial charge on any atom is 0.243 e. The highest BCUT2D eigenvalue weighted by Gasteiger charge is 2.27. The van der Waals surface area contributed by atoms with Crippen molar-refractivity contribution in [2.75, 3.05) is 33.2 Å². The highest BCUT2D eigenvalue weighted by molar-refractivity contribution is 7.89.